The Bertz CT molecular complexity index is 634. The van der Waals surface area contributed by atoms with Crippen LogP contribution in [0.25, 0.3) is 0 Å². The van der Waals surface area contributed by atoms with Crippen molar-refractivity contribution in [3.8, 4) is 11.8 Å². The van der Waals surface area contributed by atoms with Crippen LogP contribution in [0, 0.1) is 11.8 Å². The summed E-state index contributed by atoms with van der Waals surface area (Å²) in [4.78, 5) is 9.55. The lowest BCUT2D eigenvalue weighted by Crippen LogP contribution is -2.03. The van der Waals surface area contributed by atoms with Gasteiger partial charge in [-0.3, -0.25) is 0 Å². The molecule has 3 nitrogen and oxygen atoms in total. The van der Waals surface area contributed by atoms with Crippen LogP contribution in [-0.4, -0.2) is 16.5 Å². The Hall–Kier alpha value is -1.51. The van der Waals surface area contributed by atoms with Gasteiger partial charge in [0.25, 0.3) is 0 Å². The molecule has 1 heterocycles. The molecule has 5 heteroatoms. The van der Waals surface area contributed by atoms with Gasteiger partial charge in [-0.2, -0.15) is 0 Å². The summed E-state index contributed by atoms with van der Waals surface area (Å²) in [7, 11) is 0. The maximum atomic E-state index is 4.35. The minimum atomic E-state index is 0.789. The lowest BCUT2D eigenvalue weighted by atomic mass is 10.4. The molecule has 0 aliphatic carbocycles. The smallest absolute Gasteiger partial charge is 0.127 e. The van der Waals surface area contributed by atoms with Crippen molar-refractivity contribution in [3.63, 3.8) is 0 Å². The van der Waals surface area contributed by atoms with Gasteiger partial charge in [-0.25, -0.2) is 9.97 Å². The quantitative estimate of drug-likeness (QED) is 0.499. The molecule has 0 atom stereocenters. The lowest BCUT2D eigenvalue weighted by molar-refractivity contribution is 1.01. The zero-order chi connectivity index (χ0) is 14.2. The first-order valence-corrected chi connectivity index (χ1v) is 7.78. The number of benzene rings is 1. The topological polar surface area (TPSA) is 37.8 Å². The largest absolute Gasteiger partial charge is 0.381 e. The predicted octanol–water partition coefficient (Wildman–Crippen LogP) is 4.22. The van der Waals surface area contributed by atoms with Gasteiger partial charge in [0.1, 0.15) is 11.4 Å². The molecule has 0 amide bonds. The van der Waals surface area contributed by atoms with Crippen LogP contribution < -0.4 is 5.32 Å². The highest BCUT2D eigenvalue weighted by Crippen LogP contribution is 2.35. The third-order valence-electron chi connectivity index (χ3n) is 2.46. The maximum absolute atomic E-state index is 4.35. The van der Waals surface area contributed by atoms with Gasteiger partial charge in [-0.1, -0.05) is 23.9 Å². The highest BCUT2D eigenvalue weighted by molar-refractivity contribution is 9.10. The van der Waals surface area contributed by atoms with Crippen LogP contribution in [0.4, 0.5) is 5.69 Å². The van der Waals surface area contributed by atoms with Crippen molar-refractivity contribution in [3.05, 3.63) is 41.3 Å². The van der Waals surface area contributed by atoms with E-state index in [0.717, 1.165) is 33.0 Å². The van der Waals surface area contributed by atoms with Crippen LogP contribution in [0.1, 0.15) is 13.3 Å². The van der Waals surface area contributed by atoms with Gasteiger partial charge in [-0.05, 0) is 35.0 Å². The molecule has 1 N–H and O–H groups in total. The second-order valence-electron chi connectivity index (χ2n) is 3.88. The van der Waals surface area contributed by atoms with E-state index in [4.69, 9.17) is 0 Å². The summed E-state index contributed by atoms with van der Waals surface area (Å²) in [5.41, 5.74) is 0.936. The van der Waals surface area contributed by atoms with Crippen LogP contribution in [0.2, 0.25) is 0 Å². The van der Waals surface area contributed by atoms with Gasteiger partial charge in [0.05, 0.1) is 11.9 Å². The van der Waals surface area contributed by atoms with E-state index in [0.29, 0.717) is 0 Å². The predicted molar refractivity (Wildman–Crippen MR) is 86.9 cm³/mol. The normalized spacial score (nSPS) is 9.70. The summed E-state index contributed by atoms with van der Waals surface area (Å²) in [6, 6.07) is 8.09. The molecule has 0 unspecified atom stereocenters. The van der Waals surface area contributed by atoms with E-state index in [1.165, 1.54) is 0 Å². The van der Waals surface area contributed by atoms with E-state index in [1.807, 2.05) is 25.1 Å². The zero-order valence-corrected chi connectivity index (χ0v) is 13.5. The molecule has 2 rings (SSSR count). The van der Waals surface area contributed by atoms with E-state index < -0.39 is 0 Å². The number of aromatic nitrogens is 2. The van der Waals surface area contributed by atoms with Crippen molar-refractivity contribution >= 4 is 33.4 Å². The molecule has 0 saturated heterocycles. The minimum absolute atomic E-state index is 0.789. The molecule has 102 valence electrons. The van der Waals surface area contributed by atoms with Gasteiger partial charge >= 0.3 is 0 Å². The van der Waals surface area contributed by atoms with Crippen LogP contribution >= 0.6 is 27.7 Å². The summed E-state index contributed by atoms with van der Waals surface area (Å²) in [5, 5.41) is 4.24. The Morgan fingerprint density at radius 3 is 3.00 bits per heavy atom. The third-order valence-corrected chi connectivity index (χ3v) is 4.51. The van der Waals surface area contributed by atoms with Crippen molar-refractivity contribution in [1.29, 1.82) is 0 Å². The molecule has 0 bridgehead atoms. The molecule has 20 heavy (non-hydrogen) atoms. The van der Waals surface area contributed by atoms with Crippen molar-refractivity contribution in [1.82, 2.24) is 9.97 Å². The van der Waals surface area contributed by atoms with Gasteiger partial charge in [-0.15, -0.1) is 11.8 Å². The van der Waals surface area contributed by atoms with E-state index >= 15 is 0 Å². The van der Waals surface area contributed by atoms with Crippen LogP contribution in [-0.2, 0) is 0 Å². The van der Waals surface area contributed by atoms with Crippen LogP contribution in [0.5, 0.6) is 0 Å². The van der Waals surface area contributed by atoms with E-state index in [2.05, 4.69) is 49.1 Å². The second kappa shape index (κ2) is 7.93. The van der Waals surface area contributed by atoms with E-state index in [1.54, 1.807) is 24.3 Å². The van der Waals surface area contributed by atoms with Gasteiger partial charge in [0.15, 0.2) is 0 Å². The average molecular weight is 348 g/mol. The van der Waals surface area contributed by atoms with Crippen LogP contribution in [0.15, 0.2) is 51.2 Å². The maximum Gasteiger partial charge on any atom is 0.127 e. The highest BCUT2D eigenvalue weighted by atomic mass is 79.9. The van der Waals surface area contributed by atoms with Crippen molar-refractivity contribution < 1.29 is 0 Å². The van der Waals surface area contributed by atoms with Gasteiger partial charge in [0.2, 0.25) is 0 Å². The number of hydrogen-bond acceptors (Lipinski definition) is 4. The molecular formula is C15H14BrN3S. The Kier molecular flexibility index (Phi) is 5.90. The van der Waals surface area contributed by atoms with Crippen molar-refractivity contribution in [2.24, 2.45) is 0 Å². The van der Waals surface area contributed by atoms with Gasteiger partial charge < -0.3 is 5.32 Å². The fraction of sp³-hybridized carbons (Fsp3) is 0.200. The number of rotatable bonds is 5. The van der Waals surface area contributed by atoms with E-state index in [-0.39, 0.29) is 0 Å². The van der Waals surface area contributed by atoms with E-state index in [9.17, 15) is 0 Å². The Labute approximate surface area is 131 Å². The standard InChI is InChI=1S/C15H14BrN3S/c1-2-3-6-9-18-13-10-17-11-19-15(13)20-14-8-5-4-7-12(14)16/h4-5,7-8,10-11,18H,6,9H2,1H3. The molecule has 2 aromatic rings. The molecule has 0 spiro atoms. The molecule has 0 radical (unpaired) electrons. The van der Waals surface area contributed by atoms with Gasteiger partial charge in [0, 0.05) is 22.3 Å². The third kappa shape index (κ3) is 4.26. The summed E-state index contributed by atoms with van der Waals surface area (Å²) >= 11 is 5.16. The first kappa shape index (κ1) is 14.9. The number of hydrogen-bond donors (Lipinski definition) is 1. The highest BCUT2D eigenvalue weighted by Gasteiger charge is 2.07. The van der Waals surface area contributed by atoms with Crippen molar-refractivity contribution in [2.45, 2.75) is 23.3 Å². The first-order chi connectivity index (χ1) is 9.81. The SMILES string of the molecule is CC#CCCNc1cncnc1Sc1ccccc1Br. The lowest BCUT2D eigenvalue weighted by Gasteiger charge is -2.09. The molecule has 1 aromatic carbocycles. The summed E-state index contributed by atoms with van der Waals surface area (Å²) in [6.07, 6.45) is 4.17. The number of halogens is 1. The second-order valence-corrected chi connectivity index (χ2v) is 5.76. The summed E-state index contributed by atoms with van der Waals surface area (Å²) in [5.74, 6) is 5.91. The fourth-order valence-corrected chi connectivity index (χ4v) is 2.92. The average Bonchev–Trinajstić information content (AvgIpc) is 2.47. The summed E-state index contributed by atoms with van der Waals surface area (Å²) in [6.45, 7) is 2.64. The molecule has 1 aromatic heterocycles. The fourth-order valence-electron chi connectivity index (χ4n) is 1.54. The number of anilines is 1. The molecule has 0 aliphatic rings. The number of nitrogens with one attached hydrogen (secondary N) is 1. The number of nitrogens with zero attached hydrogens (tertiary/aromatic N) is 2. The molecular weight excluding hydrogens is 334 g/mol. The Morgan fingerprint density at radius 1 is 1.35 bits per heavy atom. The minimum Gasteiger partial charge on any atom is -0.381 e. The first-order valence-electron chi connectivity index (χ1n) is 6.17. The summed E-state index contributed by atoms with van der Waals surface area (Å²) < 4.78 is 1.06. The van der Waals surface area contributed by atoms with Crippen molar-refractivity contribution in [2.75, 3.05) is 11.9 Å². The zero-order valence-electron chi connectivity index (χ0n) is 11.1. The monoisotopic (exact) mass is 347 g/mol. The Balaban J connectivity index is 2.11. The molecule has 0 fully saturated rings. The molecule has 0 aliphatic heterocycles. The van der Waals surface area contributed by atoms with Crippen LogP contribution in [0.3, 0.4) is 0 Å². The molecule has 0 saturated carbocycles. The Morgan fingerprint density at radius 2 is 2.20 bits per heavy atom.